The van der Waals surface area contributed by atoms with Crippen LogP contribution >= 0.6 is 0 Å². The van der Waals surface area contributed by atoms with E-state index in [-0.39, 0.29) is 11.9 Å². The lowest BCUT2D eigenvalue weighted by atomic mass is 10.1. The van der Waals surface area contributed by atoms with Gasteiger partial charge in [-0.2, -0.15) is 0 Å². The molecule has 0 aliphatic rings. The predicted octanol–water partition coefficient (Wildman–Crippen LogP) is 2.69. The van der Waals surface area contributed by atoms with Gasteiger partial charge in [-0.15, -0.1) is 0 Å². The molecule has 2 aromatic rings. The van der Waals surface area contributed by atoms with Crippen LogP contribution in [0.4, 0.5) is 15.9 Å². The average Bonchev–Trinajstić information content (AvgIpc) is 2.35. The van der Waals surface area contributed by atoms with Crippen LogP contribution in [0.2, 0.25) is 0 Å². The molecule has 0 bridgehead atoms. The number of para-hydroxylation sites is 1. The van der Waals surface area contributed by atoms with Crippen LogP contribution in [0.25, 0.3) is 0 Å². The van der Waals surface area contributed by atoms with Crippen molar-refractivity contribution in [2.45, 2.75) is 19.9 Å². The fourth-order valence-electron chi connectivity index (χ4n) is 1.68. The largest absolute Gasteiger partial charge is 0.337 e. The Balaban J connectivity index is 2.37. The number of nitrogens with one attached hydrogen (secondary N) is 1. The van der Waals surface area contributed by atoms with E-state index >= 15 is 0 Å². The summed E-state index contributed by atoms with van der Waals surface area (Å²) in [6, 6.07) is 7.36. The van der Waals surface area contributed by atoms with Gasteiger partial charge in [0.15, 0.2) is 11.6 Å². The number of benzene rings is 1. The van der Waals surface area contributed by atoms with Crippen LogP contribution in [0.1, 0.15) is 24.2 Å². The molecule has 0 spiro atoms. The van der Waals surface area contributed by atoms with E-state index in [2.05, 4.69) is 15.3 Å². The van der Waals surface area contributed by atoms with E-state index in [1.165, 1.54) is 6.33 Å². The van der Waals surface area contributed by atoms with Gasteiger partial charge in [-0.3, -0.25) is 0 Å². The van der Waals surface area contributed by atoms with E-state index < -0.39 is 5.82 Å². The monoisotopic (exact) mass is 246 g/mol. The van der Waals surface area contributed by atoms with Crippen molar-refractivity contribution in [1.82, 2.24) is 9.97 Å². The average molecular weight is 246 g/mol. The van der Waals surface area contributed by atoms with Crippen molar-refractivity contribution < 1.29 is 4.39 Å². The zero-order valence-corrected chi connectivity index (χ0v) is 10.3. The molecule has 0 aliphatic carbocycles. The highest BCUT2D eigenvalue weighted by atomic mass is 19.1. The van der Waals surface area contributed by atoms with E-state index in [0.29, 0.717) is 5.69 Å². The van der Waals surface area contributed by atoms with E-state index in [0.717, 1.165) is 11.3 Å². The summed E-state index contributed by atoms with van der Waals surface area (Å²) in [7, 11) is 0. The van der Waals surface area contributed by atoms with E-state index in [4.69, 9.17) is 5.73 Å². The second-order valence-corrected chi connectivity index (χ2v) is 4.12. The minimum absolute atomic E-state index is 0.139. The van der Waals surface area contributed by atoms with Gasteiger partial charge in [-0.25, -0.2) is 14.4 Å². The number of halogens is 1. The minimum Gasteiger partial charge on any atom is -0.337 e. The van der Waals surface area contributed by atoms with Crippen molar-refractivity contribution in [2.75, 3.05) is 5.32 Å². The number of aryl methyl sites for hydroxylation is 1. The summed E-state index contributed by atoms with van der Waals surface area (Å²) in [5, 5.41) is 2.96. The molecule has 1 atom stereocenters. The molecule has 0 saturated carbocycles. The molecule has 4 nitrogen and oxygen atoms in total. The molecular formula is C13H15FN4. The van der Waals surface area contributed by atoms with Gasteiger partial charge in [0, 0.05) is 11.7 Å². The van der Waals surface area contributed by atoms with E-state index in [9.17, 15) is 4.39 Å². The van der Waals surface area contributed by atoms with Crippen LogP contribution in [0, 0.1) is 12.7 Å². The lowest BCUT2D eigenvalue weighted by molar-refractivity contribution is 0.606. The molecule has 0 amide bonds. The van der Waals surface area contributed by atoms with Crippen LogP contribution in [0.15, 0.2) is 30.6 Å². The molecule has 18 heavy (non-hydrogen) atoms. The van der Waals surface area contributed by atoms with Crippen LogP contribution in [0.3, 0.4) is 0 Å². The standard InChI is InChI=1S/C13H15FN4/c1-8(15)10-5-3-4-6-11(10)18-13-12(14)9(2)16-7-17-13/h3-8H,15H2,1-2H3,(H,16,17,18). The van der Waals surface area contributed by atoms with Gasteiger partial charge < -0.3 is 11.1 Å². The first-order chi connectivity index (χ1) is 8.59. The quantitative estimate of drug-likeness (QED) is 0.874. The van der Waals surface area contributed by atoms with Gasteiger partial charge in [-0.1, -0.05) is 18.2 Å². The van der Waals surface area contributed by atoms with E-state index in [1.807, 2.05) is 31.2 Å². The number of nitrogens with two attached hydrogens (primary N) is 1. The minimum atomic E-state index is -0.447. The molecule has 1 heterocycles. The maximum Gasteiger partial charge on any atom is 0.186 e. The molecular weight excluding hydrogens is 231 g/mol. The molecule has 94 valence electrons. The van der Waals surface area contributed by atoms with Crippen molar-refractivity contribution >= 4 is 11.5 Å². The molecule has 5 heteroatoms. The second-order valence-electron chi connectivity index (χ2n) is 4.12. The summed E-state index contributed by atoms with van der Waals surface area (Å²) < 4.78 is 13.8. The molecule has 1 aromatic heterocycles. The zero-order chi connectivity index (χ0) is 13.1. The van der Waals surface area contributed by atoms with Gasteiger partial charge in [0.25, 0.3) is 0 Å². The number of hydrogen-bond acceptors (Lipinski definition) is 4. The van der Waals surface area contributed by atoms with Crippen LogP contribution in [0.5, 0.6) is 0 Å². The topological polar surface area (TPSA) is 63.8 Å². The summed E-state index contributed by atoms with van der Waals surface area (Å²) >= 11 is 0. The Morgan fingerprint density at radius 2 is 2.00 bits per heavy atom. The van der Waals surface area contributed by atoms with Crippen molar-refractivity contribution in [3.05, 3.63) is 47.7 Å². The molecule has 2 rings (SSSR count). The molecule has 0 saturated heterocycles. The first-order valence-electron chi connectivity index (χ1n) is 5.68. The summed E-state index contributed by atoms with van der Waals surface area (Å²) in [4.78, 5) is 7.68. The van der Waals surface area contributed by atoms with Crippen LogP contribution in [-0.4, -0.2) is 9.97 Å². The molecule has 0 radical (unpaired) electrons. The summed E-state index contributed by atoms with van der Waals surface area (Å²) in [6.45, 7) is 3.47. The Morgan fingerprint density at radius 1 is 1.28 bits per heavy atom. The Kier molecular flexibility index (Phi) is 3.53. The second kappa shape index (κ2) is 5.10. The third-order valence-corrected chi connectivity index (χ3v) is 2.67. The van der Waals surface area contributed by atoms with Crippen molar-refractivity contribution in [3.63, 3.8) is 0 Å². The van der Waals surface area contributed by atoms with Gasteiger partial charge in [-0.05, 0) is 25.5 Å². The summed E-state index contributed by atoms with van der Waals surface area (Å²) in [5.41, 5.74) is 7.85. The van der Waals surface area contributed by atoms with E-state index in [1.54, 1.807) is 6.92 Å². The van der Waals surface area contributed by atoms with Gasteiger partial charge in [0.05, 0.1) is 5.69 Å². The normalized spacial score (nSPS) is 12.2. The van der Waals surface area contributed by atoms with Crippen molar-refractivity contribution in [3.8, 4) is 0 Å². The fraction of sp³-hybridized carbons (Fsp3) is 0.231. The van der Waals surface area contributed by atoms with Gasteiger partial charge in [0.1, 0.15) is 6.33 Å². The highest BCUT2D eigenvalue weighted by molar-refractivity contribution is 5.61. The number of aromatic nitrogens is 2. The number of hydrogen-bond donors (Lipinski definition) is 2. The third kappa shape index (κ3) is 2.46. The molecule has 0 aliphatic heterocycles. The van der Waals surface area contributed by atoms with Gasteiger partial charge in [0.2, 0.25) is 0 Å². The maximum atomic E-state index is 13.8. The Bertz CT molecular complexity index is 554. The number of anilines is 2. The number of rotatable bonds is 3. The summed E-state index contributed by atoms with van der Waals surface area (Å²) in [5.74, 6) is -0.285. The van der Waals surface area contributed by atoms with Crippen LogP contribution in [-0.2, 0) is 0 Å². The Hall–Kier alpha value is -2.01. The highest BCUT2D eigenvalue weighted by Gasteiger charge is 2.11. The predicted molar refractivity (Wildman–Crippen MR) is 69.1 cm³/mol. The van der Waals surface area contributed by atoms with Gasteiger partial charge >= 0.3 is 0 Å². The third-order valence-electron chi connectivity index (χ3n) is 2.67. The SMILES string of the molecule is Cc1ncnc(Nc2ccccc2C(C)N)c1F. The Labute approximate surface area is 105 Å². The number of nitrogens with zero attached hydrogens (tertiary/aromatic N) is 2. The summed E-state index contributed by atoms with van der Waals surface area (Å²) in [6.07, 6.45) is 1.33. The lowest BCUT2D eigenvalue weighted by Gasteiger charge is -2.14. The van der Waals surface area contributed by atoms with Crippen LogP contribution < -0.4 is 11.1 Å². The molecule has 0 fully saturated rings. The molecule has 1 unspecified atom stereocenters. The first kappa shape index (κ1) is 12.4. The fourth-order valence-corrected chi connectivity index (χ4v) is 1.68. The lowest BCUT2D eigenvalue weighted by Crippen LogP contribution is -2.09. The van der Waals surface area contributed by atoms with Crippen molar-refractivity contribution in [1.29, 1.82) is 0 Å². The zero-order valence-electron chi connectivity index (χ0n) is 10.3. The molecule has 3 N–H and O–H groups in total. The smallest absolute Gasteiger partial charge is 0.186 e. The van der Waals surface area contributed by atoms with Crippen molar-refractivity contribution in [2.24, 2.45) is 5.73 Å². The first-order valence-corrected chi connectivity index (χ1v) is 5.68. The molecule has 1 aromatic carbocycles. The Morgan fingerprint density at radius 3 is 2.72 bits per heavy atom. The maximum absolute atomic E-state index is 13.8. The highest BCUT2D eigenvalue weighted by Crippen LogP contribution is 2.25.